The Hall–Kier alpha value is -2.41. The first kappa shape index (κ1) is 17.9. The Morgan fingerprint density at radius 2 is 2.04 bits per heavy atom. The standard InChI is InChI=1S/C17H20N2O4S/c1-5-6-14-18-10(2)15(24-14)16(20)19-13-8-7-11(22-3)9-12(13)17(21)23-4/h7-9H,5-6H2,1-4H3,(H,19,20). The Morgan fingerprint density at radius 1 is 1.29 bits per heavy atom. The summed E-state index contributed by atoms with van der Waals surface area (Å²) in [5.41, 5.74) is 1.30. The molecule has 1 N–H and O–H groups in total. The number of nitrogens with one attached hydrogen (secondary N) is 1. The average molecular weight is 348 g/mol. The van der Waals surface area contributed by atoms with Crippen LogP contribution in [-0.2, 0) is 11.2 Å². The normalized spacial score (nSPS) is 10.3. The third-order valence-electron chi connectivity index (χ3n) is 3.39. The van der Waals surface area contributed by atoms with E-state index in [0.717, 1.165) is 17.8 Å². The monoisotopic (exact) mass is 348 g/mol. The molecule has 7 heteroatoms. The predicted molar refractivity (Wildman–Crippen MR) is 93.1 cm³/mol. The first-order valence-corrected chi connectivity index (χ1v) is 8.35. The van der Waals surface area contributed by atoms with E-state index in [9.17, 15) is 9.59 Å². The molecule has 6 nitrogen and oxygen atoms in total. The van der Waals surface area contributed by atoms with Crippen molar-refractivity contribution in [2.45, 2.75) is 26.7 Å². The van der Waals surface area contributed by atoms with Crippen LogP contribution < -0.4 is 10.1 Å². The van der Waals surface area contributed by atoms with Gasteiger partial charge in [0.15, 0.2) is 0 Å². The lowest BCUT2D eigenvalue weighted by molar-refractivity contribution is 0.0601. The molecule has 0 aliphatic heterocycles. The van der Waals surface area contributed by atoms with E-state index >= 15 is 0 Å². The van der Waals surface area contributed by atoms with Crippen molar-refractivity contribution >= 4 is 28.9 Å². The Bertz CT molecular complexity index is 755. The third kappa shape index (κ3) is 3.91. The van der Waals surface area contributed by atoms with Crippen LogP contribution in [0.15, 0.2) is 18.2 Å². The summed E-state index contributed by atoms with van der Waals surface area (Å²) in [6.07, 6.45) is 1.81. The number of aryl methyl sites for hydroxylation is 2. The van der Waals surface area contributed by atoms with Crippen LogP contribution in [0.1, 0.15) is 44.1 Å². The molecule has 1 amide bonds. The van der Waals surface area contributed by atoms with Crippen LogP contribution in [0.2, 0.25) is 0 Å². The van der Waals surface area contributed by atoms with Crippen molar-refractivity contribution in [2.24, 2.45) is 0 Å². The number of methoxy groups -OCH3 is 2. The molecule has 0 fully saturated rings. The molecule has 2 rings (SSSR count). The molecular formula is C17H20N2O4S. The molecule has 1 aromatic carbocycles. The van der Waals surface area contributed by atoms with E-state index in [2.05, 4.69) is 17.2 Å². The number of hydrogen-bond acceptors (Lipinski definition) is 6. The van der Waals surface area contributed by atoms with Gasteiger partial charge in [0.2, 0.25) is 0 Å². The fourth-order valence-corrected chi connectivity index (χ4v) is 3.26. The highest BCUT2D eigenvalue weighted by atomic mass is 32.1. The highest BCUT2D eigenvalue weighted by molar-refractivity contribution is 7.13. The topological polar surface area (TPSA) is 77.5 Å². The van der Waals surface area contributed by atoms with E-state index in [1.807, 2.05) is 0 Å². The molecule has 128 valence electrons. The third-order valence-corrected chi connectivity index (χ3v) is 4.61. The first-order chi connectivity index (χ1) is 11.5. The van der Waals surface area contributed by atoms with Gasteiger partial charge in [0.25, 0.3) is 5.91 Å². The summed E-state index contributed by atoms with van der Waals surface area (Å²) in [7, 11) is 2.79. The Labute approximate surface area is 144 Å². The maximum Gasteiger partial charge on any atom is 0.340 e. The lowest BCUT2D eigenvalue weighted by Crippen LogP contribution is -2.15. The van der Waals surface area contributed by atoms with E-state index in [1.165, 1.54) is 31.6 Å². The summed E-state index contributed by atoms with van der Waals surface area (Å²) < 4.78 is 9.88. The number of anilines is 1. The predicted octanol–water partition coefficient (Wildman–Crippen LogP) is 3.45. The second kappa shape index (κ2) is 7.92. The lowest BCUT2D eigenvalue weighted by Gasteiger charge is -2.11. The fourth-order valence-electron chi connectivity index (χ4n) is 2.20. The zero-order valence-electron chi connectivity index (χ0n) is 14.1. The number of amides is 1. The number of rotatable bonds is 6. The van der Waals surface area contributed by atoms with Crippen molar-refractivity contribution in [1.29, 1.82) is 0 Å². The highest BCUT2D eigenvalue weighted by Crippen LogP contribution is 2.25. The average Bonchev–Trinajstić information content (AvgIpc) is 2.95. The number of carbonyl (C=O) groups excluding carboxylic acids is 2. The molecule has 1 aromatic heterocycles. The number of benzene rings is 1. The molecule has 0 atom stereocenters. The number of nitrogens with zero attached hydrogens (tertiary/aromatic N) is 1. The minimum Gasteiger partial charge on any atom is -0.497 e. The molecule has 2 aromatic rings. The Balaban J connectivity index is 2.30. The number of aromatic nitrogens is 1. The number of hydrogen-bond donors (Lipinski definition) is 1. The van der Waals surface area contributed by atoms with Gasteiger partial charge in [-0.3, -0.25) is 4.79 Å². The van der Waals surface area contributed by atoms with Crippen LogP contribution in [-0.4, -0.2) is 31.1 Å². The molecule has 0 spiro atoms. The molecule has 0 saturated carbocycles. The van der Waals surface area contributed by atoms with E-state index in [4.69, 9.17) is 9.47 Å². The quantitative estimate of drug-likeness (QED) is 0.809. The summed E-state index contributed by atoms with van der Waals surface area (Å²) in [5.74, 6) is -0.327. The van der Waals surface area contributed by atoms with Crippen molar-refractivity contribution in [3.05, 3.63) is 39.3 Å². The largest absolute Gasteiger partial charge is 0.497 e. The van der Waals surface area contributed by atoms with Crippen molar-refractivity contribution < 1.29 is 19.1 Å². The van der Waals surface area contributed by atoms with Crippen LogP contribution in [0.5, 0.6) is 5.75 Å². The minimum atomic E-state index is -0.545. The molecule has 0 radical (unpaired) electrons. The number of ether oxygens (including phenoxy) is 2. The zero-order valence-corrected chi connectivity index (χ0v) is 15.0. The van der Waals surface area contributed by atoms with Gasteiger partial charge in [0.1, 0.15) is 10.6 Å². The number of carbonyl (C=O) groups is 2. The summed E-state index contributed by atoms with van der Waals surface area (Å²) in [6, 6.07) is 4.82. The van der Waals surface area contributed by atoms with Crippen LogP contribution in [0.25, 0.3) is 0 Å². The van der Waals surface area contributed by atoms with Gasteiger partial charge in [-0.05, 0) is 38.0 Å². The van der Waals surface area contributed by atoms with Crippen LogP contribution in [0.4, 0.5) is 5.69 Å². The van der Waals surface area contributed by atoms with Gasteiger partial charge in [-0.25, -0.2) is 9.78 Å². The van der Waals surface area contributed by atoms with Crippen molar-refractivity contribution in [1.82, 2.24) is 4.98 Å². The Morgan fingerprint density at radius 3 is 2.67 bits per heavy atom. The van der Waals surface area contributed by atoms with Crippen molar-refractivity contribution in [3.63, 3.8) is 0 Å². The number of esters is 1. The van der Waals surface area contributed by atoms with E-state index in [0.29, 0.717) is 22.0 Å². The van der Waals surface area contributed by atoms with Gasteiger partial charge in [0, 0.05) is 0 Å². The van der Waals surface area contributed by atoms with Gasteiger partial charge in [-0.15, -0.1) is 11.3 Å². The summed E-state index contributed by atoms with van der Waals surface area (Å²) >= 11 is 1.38. The molecule has 0 aliphatic carbocycles. The van der Waals surface area contributed by atoms with Gasteiger partial charge < -0.3 is 14.8 Å². The van der Waals surface area contributed by atoms with Crippen LogP contribution in [0, 0.1) is 6.92 Å². The lowest BCUT2D eigenvalue weighted by atomic mass is 10.1. The smallest absolute Gasteiger partial charge is 0.340 e. The highest BCUT2D eigenvalue weighted by Gasteiger charge is 2.19. The molecule has 0 saturated heterocycles. The second-order valence-electron chi connectivity index (χ2n) is 5.13. The molecule has 0 aliphatic rings. The molecule has 24 heavy (non-hydrogen) atoms. The Kier molecular flexibility index (Phi) is 5.92. The summed E-state index contributed by atoms with van der Waals surface area (Å²) in [6.45, 7) is 3.87. The second-order valence-corrected chi connectivity index (χ2v) is 6.21. The minimum absolute atomic E-state index is 0.237. The van der Waals surface area contributed by atoms with Gasteiger partial charge in [-0.1, -0.05) is 6.92 Å². The van der Waals surface area contributed by atoms with Gasteiger partial charge in [-0.2, -0.15) is 0 Å². The molecule has 0 bridgehead atoms. The number of thiazole rings is 1. The zero-order chi connectivity index (χ0) is 17.7. The van der Waals surface area contributed by atoms with Crippen LogP contribution >= 0.6 is 11.3 Å². The summed E-state index contributed by atoms with van der Waals surface area (Å²) in [5, 5.41) is 3.70. The van der Waals surface area contributed by atoms with Crippen molar-refractivity contribution in [2.75, 3.05) is 19.5 Å². The maximum atomic E-state index is 12.5. The SMILES string of the molecule is CCCc1nc(C)c(C(=O)Nc2ccc(OC)cc2C(=O)OC)s1. The van der Waals surface area contributed by atoms with Crippen molar-refractivity contribution in [3.8, 4) is 5.75 Å². The van der Waals surface area contributed by atoms with E-state index in [-0.39, 0.29) is 11.5 Å². The first-order valence-electron chi connectivity index (χ1n) is 7.54. The summed E-state index contributed by atoms with van der Waals surface area (Å²) in [4.78, 5) is 29.4. The van der Waals surface area contributed by atoms with Gasteiger partial charge >= 0.3 is 5.97 Å². The van der Waals surface area contributed by atoms with E-state index < -0.39 is 5.97 Å². The van der Waals surface area contributed by atoms with E-state index in [1.54, 1.807) is 19.1 Å². The van der Waals surface area contributed by atoms with Crippen LogP contribution in [0.3, 0.4) is 0 Å². The fraction of sp³-hybridized carbons (Fsp3) is 0.353. The molecular weight excluding hydrogens is 328 g/mol. The maximum absolute atomic E-state index is 12.5. The molecule has 0 unspecified atom stereocenters. The van der Waals surface area contributed by atoms with Gasteiger partial charge in [0.05, 0.1) is 36.2 Å². The molecule has 1 heterocycles.